The molecule has 1 aromatic heterocycles. The van der Waals surface area contributed by atoms with Gasteiger partial charge in [0.05, 0.1) is 4.90 Å². The minimum Gasteiger partial charge on any atom is -0.480 e. The van der Waals surface area contributed by atoms with E-state index in [0.29, 0.717) is 0 Å². The molecule has 2 rings (SSSR count). The first kappa shape index (κ1) is 14.3. The fourth-order valence-corrected chi connectivity index (χ4v) is 2.93. The maximum Gasteiger partial charge on any atom is 0.322 e. The zero-order valence-electron chi connectivity index (χ0n) is 10.5. The van der Waals surface area contributed by atoms with Crippen molar-refractivity contribution >= 4 is 16.0 Å². The number of carboxylic acids is 1. The summed E-state index contributed by atoms with van der Waals surface area (Å²) in [6.07, 6.45) is 2.84. The summed E-state index contributed by atoms with van der Waals surface area (Å²) in [5.74, 6) is -1.21. The van der Waals surface area contributed by atoms with Gasteiger partial charge in [-0.1, -0.05) is 30.3 Å². The SMILES string of the molecule is O=C(O)C(Cc1ccccc1)NS(=O)(=O)c1cc[nH]c1. The first-order valence-corrected chi connectivity index (χ1v) is 7.39. The van der Waals surface area contributed by atoms with Crippen LogP contribution in [0.25, 0.3) is 0 Å². The van der Waals surface area contributed by atoms with E-state index in [-0.39, 0.29) is 11.3 Å². The van der Waals surface area contributed by atoms with Crippen LogP contribution in [-0.4, -0.2) is 30.5 Å². The Labute approximate surface area is 116 Å². The molecule has 0 saturated carbocycles. The lowest BCUT2D eigenvalue weighted by Gasteiger charge is -2.14. The van der Waals surface area contributed by atoms with Crippen LogP contribution >= 0.6 is 0 Å². The highest BCUT2D eigenvalue weighted by molar-refractivity contribution is 7.89. The summed E-state index contributed by atoms with van der Waals surface area (Å²) in [5.41, 5.74) is 0.747. The summed E-state index contributed by atoms with van der Waals surface area (Å²) in [4.78, 5) is 13.8. The Kier molecular flexibility index (Phi) is 4.21. The van der Waals surface area contributed by atoms with Crippen LogP contribution in [0.2, 0.25) is 0 Å². The van der Waals surface area contributed by atoms with E-state index < -0.39 is 22.0 Å². The number of aromatic amines is 1. The fraction of sp³-hybridized carbons (Fsp3) is 0.154. The number of aromatic nitrogens is 1. The van der Waals surface area contributed by atoms with Crippen molar-refractivity contribution in [1.82, 2.24) is 9.71 Å². The van der Waals surface area contributed by atoms with E-state index in [1.807, 2.05) is 6.07 Å². The third kappa shape index (κ3) is 3.46. The Morgan fingerprint density at radius 3 is 2.50 bits per heavy atom. The molecule has 0 radical (unpaired) electrons. The topological polar surface area (TPSA) is 99.3 Å². The molecule has 0 spiro atoms. The molecule has 1 atom stereocenters. The van der Waals surface area contributed by atoms with Crippen LogP contribution in [0, 0.1) is 0 Å². The maximum absolute atomic E-state index is 12.0. The molecule has 0 aliphatic heterocycles. The number of H-pyrrole nitrogens is 1. The van der Waals surface area contributed by atoms with E-state index in [1.165, 1.54) is 18.5 Å². The molecule has 7 heteroatoms. The number of hydrogen-bond acceptors (Lipinski definition) is 3. The molecule has 0 fully saturated rings. The molecule has 1 unspecified atom stereocenters. The largest absolute Gasteiger partial charge is 0.480 e. The van der Waals surface area contributed by atoms with Crippen LogP contribution in [0.15, 0.2) is 53.7 Å². The van der Waals surface area contributed by atoms with Crippen LogP contribution in [0.3, 0.4) is 0 Å². The van der Waals surface area contributed by atoms with Gasteiger partial charge in [-0.15, -0.1) is 0 Å². The Morgan fingerprint density at radius 1 is 1.25 bits per heavy atom. The van der Waals surface area contributed by atoms with Gasteiger partial charge in [0, 0.05) is 12.4 Å². The minimum atomic E-state index is -3.84. The summed E-state index contributed by atoms with van der Waals surface area (Å²) >= 11 is 0. The highest BCUT2D eigenvalue weighted by Crippen LogP contribution is 2.10. The van der Waals surface area contributed by atoms with Gasteiger partial charge in [-0.05, 0) is 18.1 Å². The number of hydrogen-bond donors (Lipinski definition) is 3. The number of rotatable bonds is 6. The van der Waals surface area contributed by atoms with Crippen molar-refractivity contribution in [2.24, 2.45) is 0 Å². The summed E-state index contributed by atoms with van der Waals surface area (Å²) in [6, 6.07) is 9.01. The third-order valence-corrected chi connectivity index (χ3v) is 4.23. The van der Waals surface area contributed by atoms with Gasteiger partial charge >= 0.3 is 5.97 Å². The standard InChI is InChI=1S/C13H14N2O4S/c16-13(17)12(8-10-4-2-1-3-5-10)15-20(18,19)11-6-7-14-9-11/h1-7,9,12,14-15H,8H2,(H,16,17). The number of sulfonamides is 1. The molecule has 0 aliphatic carbocycles. The quantitative estimate of drug-likeness (QED) is 0.739. The molecule has 0 bridgehead atoms. The molecule has 3 N–H and O–H groups in total. The summed E-state index contributed by atoms with van der Waals surface area (Å²) in [5, 5.41) is 9.16. The van der Waals surface area contributed by atoms with Crippen LogP contribution in [0.1, 0.15) is 5.56 Å². The molecule has 0 aliphatic rings. The highest BCUT2D eigenvalue weighted by atomic mass is 32.2. The van der Waals surface area contributed by atoms with Gasteiger partial charge in [0.25, 0.3) is 0 Å². The van der Waals surface area contributed by atoms with Crippen molar-refractivity contribution in [3.63, 3.8) is 0 Å². The average Bonchev–Trinajstić information content (AvgIpc) is 2.93. The van der Waals surface area contributed by atoms with Gasteiger partial charge in [-0.2, -0.15) is 4.72 Å². The molecule has 0 amide bonds. The smallest absolute Gasteiger partial charge is 0.322 e. The lowest BCUT2D eigenvalue weighted by Crippen LogP contribution is -2.42. The van der Waals surface area contributed by atoms with Gasteiger partial charge in [0.15, 0.2) is 0 Å². The fourth-order valence-electron chi connectivity index (χ4n) is 1.76. The second-order valence-corrected chi connectivity index (χ2v) is 5.96. The van der Waals surface area contributed by atoms with Crippen LogP contribution in [0.5, 0.6) is 0 Å². The Bertz CT molecular complexity index is 666. The van der Waals surface area contributed by atoms with E-state index in [2.05, 4.69) is 9.71 Å². The second kappa shape index (κ2) is 5.89. The van der Waals surface area contributed by atoms with E-state index in [4.69, 9.17) is 5.11 Å². The second-order valence-electron chi connectivity index (χ2n) is 4.25. The van der Waals surface area contributed by atoms with Crippen LogP contribution in [0.4, 0.5) is 0 Å². The van der Waals surface area contributed by atoms with Gasteiger partial charge in [0.2, 0.25) is 10.0 Å². The molecular weight excluding hydrogens is 280 g/mol. The first-order valence-electron chi connectivity index (χ1n) is 5.91. The number of carboxylic acid groups (broad SMARTS) is 1. The van der Waals surface area contributed by atoms with Gasteiger partial charge in [0.1, 0.15) is 6.04 Å². The maximum atomic E-state index is 12.0. The normalized spacial score (nSPS) is 13.0. The van der Waals surface area contributed by atoms with E-state index >= 15 is 0 Å². The molecule has 1 aromatic carbocycles. The predicted octanol–water partition coefficient (Wildman–Crippen LogP) is 0.989. The summed E-state index contributed by atoms with van der Waals surface area (Å²) in [7, 11) is -3.84. The molecule has 2 aromatic rings. The average molecular weight is 294 g/mol. The monoisotopic (exact) mass is 294 g/mol. The Balaban J connectivity index is 2.17. The number of aliphatic carboxylic acids is 1. The molecule has 1 heterocycles. The van der Waals surface area contributed by atoms with E-state index in [0.717, 1.165) is 5.56 Å². The third-order valence-electron chi connectivity index (χ3n) is 2.76. The van der Waals surface area contributed by atoms with Gasteiger partial charge in [-0.25, -0.2) is 8.42 Å². The number of nitrogens with one attached hydrogen (secondary N) is 2. The zero-order chi connectivity index (χ0) is 14.6. The van der Waals surface area contributed by atoms with Crippen LogP contribution < -0.4 is 4.72 Å². The molecule has 0 saturated heterocycles. The van der Waals surface area contributed by atoms with Crippen molar-refractivity contribution < 1.29 is 18.3 Å². The minimum absolute atomic E-state index is 0.0109. The van der Waals surface area contributed by atoms with Crippen molar-refractivity contribution in [1.29, 1.82) is 0 Å². The Morgan fingerprint density at radius 2 is 1.95 bits per heavy atom. The lowest BCUT2D eigenvalue weighted by molar-refractivity contribution is -0.138. The first-order chi connectivity index (χ1) is 9.49. The van der Waals surface area contributed by atoms with E-state index in [1.54, 1.807) is 24.3 Å². The number of benzene rings is 1. The van der Waals surface area contributed by atoms with E-state index in [9.17, 15) is 13.2 Å². The molecular formula is C13H14N2O4S. The van der Waals surface area contributed by atoms with Crippen LogP contribution in [-0.2, 0) is 21.2 Å². The number of carbonyl (C=O) groups is 1. The van der Waals surface area contributed by atoms with Crippen molar-refractivity contribution in [3.05, 3.63) is 54.4 Å². The lowest BCUT2D eigenvalue weighted by atomic mass is 10.1. The van der Waals surface area contributed by atoms with Crippen molar-refractivity contribution in [2.45, 2.75) is 17.4 Å². The van der Waals surface area contributed by atoms with Crippen molar-refractivity contribution in [2.75, 3.05) is 0 Å². The van der Waals surface area contributed by atoms with Gasteiger partial charge < -0.3 is 10.1 Å². The van der Waals surface area contributed by atoms with Gasteiger partial charge in [-0.3, -0.25) is 4.79 Å². The zero-order valence-corrected chi connectivity index (χ0v) is 11.3. The molecule has 20 heavy (non-hydrogen) atoms. The molecule has 6 nitrogen and oxygen atoms in total. The molecule has 106 valence electrons. The van der Waals surface area contributed by atoms with Crippen molar-refractivity contribution in [3.8, 4) is 0 Å². The summed E-state index contributed by atoms with van der Waals surface area (Å²) < 4.78 is 26.2. The summed E-state index contributed by atoms with van der Waals surface area (Å²) in [6.45, 7) is 0. The highest BCUT2D eigenvalue weighted by Gasteiger charge is 2.25. The Hall–Kier alpha value is -2.12. The predicted molar refractivity (Wildman–Crippen MR) is 72.7 cm³/mol.